The molecular formula is C23H28N4O2S. The van der Waals surface area contributed by atoms with Gasteiger partial charge in [0.25, 0.3) is 0 Å². The Hall–Kier alpha value is -2.80. The molecular weight excluding hydrogens is 396 g/mol. The predicted molar refractivity (Wildman–Crippen MR) is 122 cm³/mol. The minimum absolute atomic E-state index is 0.0672. The van der Waals surface area contributed by atoms with Crippen LogP contribution in [-0.4, -0.2) is 33.0 Å². The molecule has 0 aliphatic carbocycles. The van der Waals surface area contributed by atoms with Crippen molar-refractivity contribution in [3.05, 3.63) is 54.1 Å². The van der Waals surface area contributed by atoms with Crippen molar-refractivity contribution >= 4 is 23.4 Å². The predicted octanol–water partition coefficient (Wildman–Crippen LogP) is 4.95. The lowest BCUT2D eigenvalue weighted by atomic mass is 10.1. The Bertz CT molecular complexity index is 952. The molecule has 7 heteroatoms. The summed E-state index contributed by atoms with van der Waals surface area (Å²) in [6, 6.07) is 15.8. The van der Waals surface area contributed by atoms with E-state index in [9.17, 15) is 4.79 Å². The number of thioether (sulfide) groups is 1. The Morgan fingerprint density at radius 2 is 1.80 bits per heavy atom. The van der Waals surface area contributed by atoms with E-state index in [4.69, 9.17) is 4.74 Å². The fraction of sp³-hybridized carbons (Fsp3) is 0.348. The molecule has 1 aromatic heterocycles. The first-order valence-corrected chi connectivity index (χ1v) is 11.2. The average molecular weight is 425 g/mol. The number of nitrogens with one attached hydrogen (secondary N) is 1. The Morgan fingerprint density at radius 1 is 1.07 bits per heavy atom. The van der Waals surface area contributed by atoms with Crippen molar-refractivity contribution in [2.75, 3.05) is 17.7 Å². The number of carbonyl (C=O) groups excluding carboxylic acids is 1. The summed E-state index contributed by atoms with van der Waals surface area (Å²) in [6.07, 6.45) is 3.14. The van der Waals surface area contributed by atoms with Gasteiger partial charge >= 0.3 is 0 Å². The summed E-state index contributed by atoms with van der Waals surface area (Å²) in [4.78, 5) is 12.3. The van der Waals surface area contributed by atoms with Crippen LogP contribution < -0.4 is 10.1 Å². The van der Waals surface area contributed by atoms with Crippen molar-refractivity contribution in [2.45, 2.75) is 38.3 Å². The number of ether oxygens (including phenoxy) is 1. The number of anilines is 1. The summed E-state index contributed by atoms with van der Waals surface area (Å²) < 4.78 is 7.61. The van der Waals surface area contributed by atoms with Gasteiger partial charge in [-0.3, -0.25) is 4.79 Å². The summed E-state index contributed by atoms with van der Waals surface area (Å²) in [5.41, 5.74) is 3.01. The van der Waals surface area contributed by atoms with E-state index in [0.29, 0.717) is 5.16 Å². The van der Waals surface area contributed by atoms with Crippen LogP contribution in [0.4, 0.5) is 5.69 Å². The molecule has 0 spiro atoms. The topological polar surface area (TPSA) is 69.0 Å². The molecule has 0 saturated heterocycles. The fourth-order valence-corrected chi connectivity index (χ4v) is 3.59. The zero-order valence-electron chi connectivity index (χ0n) is 17.7. The second-order valence-electron chi connectivity index (χ2n) is 6.98. The van der Waals surface area contributed by atoms with Gasteiger partial charge in [-0.05, 0) is 54.8 Å². The van der Waals surface area contributed by atoms with Crippen LogP contribution in [0.5, 0.6) is 5.75 Å². The molecule has 158 valence electrons. The molecule has 0 unspecified atom stereocenters. The molecule has 1 N–H and O–H groups in total. The molecule has 0 bridgehead atoms. The summed E-state index contributed by atoms with van der Waals surface area (Å²) >= 11 is 1.37. The maximum atomic E-state index is 12.3. The number of carbonyl (C=O) groups is 1. The van der Waals surface area contributed by atoms with Gasteiger partial charge in [0, 0.05) is 18.3 Å². The van der Waals surface area contributed by atoms with Gasteiger partial charge in [-0.2, -0.15) is 0 Å². The van der Waals surface area contributed by atoms with Crippen LogP contribution >= 0.6 is 11.8 Å². The number of aromatic nitrogens is 3. The van der Waals surface area contributed by atoms with Gasteiger partial charge in [-0.15, -0.1) is 10.2 Å². The summed E-state index contributed by atoms with van der Waals surface area (Å²) in [6.45, 7) is 4.98. The Kier molecular flexibility index (Phi) is 7.90. The number of unbranched alkanes of at least 4 members (excludes halogenated alkanes) is 1. The molecule has 6 nitrogen and oxygen atoms in total. The minimum Gasteiger partial charge on any atom is -0.494 e. The summed E-state index contributed by atoms with van der Waals surface area (Å²) in [5, 5.41) is 12.1. The molecule has 0 aliphatic rings. The second kappa shape index (κ2) is 10.8. The lowest BCUT2D eigenvalue weighted by Crippen LogP contribution is -2.14. The van der Waals surface area contributed by atoms with Crippen LogP contribution in [0, 0.1) is 0 Å². The van der Waals surface area contributed by atoms with Crippen molar-refractivity contribution in [1.29, 1.82) is 0 Å². The number of amides is 1. The highest BCUT2D eigenvalue weighted by atomic mass is 32.2. The first kappa shape index (κ1) is 21.9. The number of nitrogens with zero attached hydrogens (tertiary/aromatic N) is 3. The maximum Gasteiger partial charge on any atom is 0.234 e. The fourth-order valence-electron chi connectivity index (χ4n) is 2.88. The lowest BCUT2D eigenvalue weighted by molar-refractivity contribution is -0.113. The number of aryl methyl sites for hydroxylation is 1. The van der Waals surface area contributed by atoms with E-state index < -0.39 is 0 Å². The molecule has 3 aromatic rings. The zero-order chi connectivity index (χ0) is 21.3. The highest BCUT2D eigenvalue weighted by Gasteiger charge is 2.13. The third-order valence-electron chi connectivity index (χ3n) is 4.69. The average Bonchev–Trinajstić information content (AvgIpc) is 3.14. The first-order valence-electron chi connectivity index (χ1n) is 10.2. The van der Waals surface area contributed by atoms with Crippen molar-refractivity contribution in [3.63, 3.8) is 0 Å². The highest BCUT2D eigenvalue weighted by Crippen LogP contribution is 2.24. The Balaban J connectivity index is 1.56. The number of rotatable bonds is 10. The van der Waals surface area contributed by atoms with Crippen molar-refractivity contribution in [2.24, 2.45) is 7.05 Å². The lowest BCUT2D eigenvalue weighted by Gasteiger charge is -2.07. The van der Waals surface area contributed by atoms with Gasteiger partial charge in [0.15, 0.2) is 11.0 Å². The highest BCUT2D eigenvalue weighted by molar-refractivity contribution is 7.99. The van der Waals surface area contributed by atoms with Crippen LogP contribution in [0.3, 0.4) is 0 Å². The van der Waals surface area contributed by atoms with E-state index in [1.165, 1.54) is 17.3 Å². The maximum absolute atomic E-state index is 12.3. The van der Waals surface area contributed by atoms with E-state index in [0.717, 1.165) is 48.7 Å². The molecule has 30 heavy (non-hydrogen) atoms. The van der Waals surface area contributed by atoms with E-state index >= 15 is 0 Å². The van der Waals surface area contributed by atoms with E-state index in [1.807, 2.05) is 60.1 Å². The molecule has 0 saturated carbocycles. The molecule has 0 aliphatic heterocycles. The third-order valence-corrected chi connectivity index (χ3v) is 5.71. The zero-order valence-corrected chi connectivity index (χ0v) is 18.5. The van der Waals surface area contributed by atoms with Gasteiger partial charge in [0.2, 0.25) is 5.91 Å². The van der Waals surface area contributed by atoms with Gasteiger partial charge in [0.05, 0.1) is 12.4 Å². The Morgan fingerprint density at radius 3 is 2.47 bits per heavy atom. The van der Waals surface area contributed by atoms with Crippen LogP contribution in [0.15, 0.2) is 53.7 Å². The van der Waals surface area contributed by atoms with Crippen LogP contribution in [0.1, 0.15) is 32.3 Å². The van der Waals surface area contributed by atoms with Crippen molar-refractivity contribution in [3.8, 4) is 17.1 Å². The normalized spacial score (nSPS) is 10.8. The van der Waals surface area contributed by atoms with Crippen molar-refractivity contribution in [1.82, 2.24) is 14.8 Å². The van der Waals surface area contributed by atoms with Crippen molar-refractivity contribution < 1.29 is 9.53 Å². The molecule has 2 aromatic carbocycles. The Labute approximate surface area is 182 Å². The van der Waals surface area contributed by atoms with Crippen LogP contribution in [-0.2, 0) is 18.3 Å². The first-order chi connectivity index (χ1) is 14.6. The molecule has 0 fully saturated rings. The quantitative estimate of drug-likeness (QED) is 0.368. The SMILES string of the molecule is CCCCOc1ccc(-c2nnc(SCC(=O)Nc3ccc(CC)cc3)n2C)cc1. The molecule has 0 radical (unpaired) electrons. The van der Waals surface area contributed by atoms with E-state index in [2.05, 4.69) is 29.4 Å². The second-order valence-corrected chi connectivity index (χ2v) is 7.92. The van der Waals surface area contributed by atoms with Gasteiger partial charge in [-0.1, -0.05) is 44.2 Å². The monoisotopic (exact) mass is 424 g/mol. The van der Waals surface area contributed by atoms with Gasteiger partial charge in [0.1, 0.15) is 5.75 Å². The van der Waals surface area contributed by atoms with Gasteiger partial charge in [-0.25, -0.2) is 0 Å². The van der Waals surface area contributed by atoms with E-state index in [-0.39, 0.29) is 11.7 Å². The standard InChI is InChI=1S/C23H28N4O2S/c1-4-6-15-29-20-13-9-18(10-14-20)22-25-26-23(27(22)3)30-16-21(28)24-19-11-7-17(5-2)8-12-19/h7-14H,4-6,15-16H2,1-3H3,(H,24,28). The largest absolute Gasteiger partial charge is 0.494 e. The van der Waals surface area contributed by atoms with Crippen LogP contribution in [0.2, 0.25) is 0 Å². The minimum atomic E-state index is -0.0672. The molecule has 3 rings (SSSR count). The third kappa shape index (κ3) is 5.86. The van der Waals surface area contributed by atoms with Crippen LogP contribution in [0.25, 0.3) is 11.4 Å². The smallest absolute Gasteiger partial charge is 0.234 e. The summed E-state index contributed by atoms with van der Waals surface area (Å²) in [7, 11) is 1.91. The number of hydrogen-bond acceptors (Lipinski definition) is 5. The number of hydrogen-bond donors (Lipinski definition) is 1. The molecule has 1 heterocycles. The van der Waals surface area contributed by atoms with Gasteiger partial charge < -0.3 is 14.6 Å². The number of benzene rings is 2. The van der Waals surface area contributed by atoms with E-state index in [1.54, 1.807) is 0 Å². The molecule has 1 amide bonds. The molecule has 0 atom stereocenters. The summed E-state index contributed by atoms with van der Waals surface area (Å²) in [5.74, 6) is 1.81.